The molecule has 0 fully saturated rings. The van der Waals surface area contributed by atoms with E-state index in [9.17, 15) is 0 Å². The molecule has 0 aromatic heterocycles. The van der Waals surface area contributed by atoms with Gasteiger partial charge in [-0.25, -0.2) is 0 Å². The standard InChI is InChI=1S/C9H12O/c1-8(10-2)9-6-4-3-5-7-9/h4,6-7H,1,3,5H2,2H3. The van der Waals surface area contributed by atoms with Gasteiger partial charge in [0.2, 0.25) is 0 Å². The van der Waals surface area contributed by atoms with E-state index in [0.717, 1.165) is 24.2 Å². The van der Waals surface area contributed by atoms with Gasteiger partial charge >= 0.3 is 0 Å². The van der Waals surface area contributed by atoms with E-state index in [0.29, 0.717) is 0 Å². The van der Waals surface area contributed by atoms with Gasteiger partial charge in [0.05, 0.1) is 7.11 Å². The summed E-state index contributed by atoms with van der Waals surface area (Å²) in [5.41, 5.74) is 1.12. The van der Waals surface area contributed by atoms with E-state index in [1.165, 1.54) is 0 Å². The van der Waals surface area contributed by atoms with E-state index < -0.39 is 0 Å². The summed E-state index contributed by atoms with van der Waals surface area (Å²) < 4.78 is 4.98. The van der Waals surface area contributed by atoms with E-state index in [-0.39, 0.29) is 0 Å². The number of hydrogen-bond donors (Lipinski definition) is 0. The quantitative estimate of drug-likeness (QED) is 0.530. The van der Waals surface area contributed by atoms with Gasteiger partial charge in [-0.05, 0) is 12.8 Å². The predicted molar refractivity (Wildman–Crippen MR) is 42.6 cm³/mol. The maximum Gasteiger partial charge on any atom is 0.118 e. The number of methoxy groups -OCH3 is 1. The van der Waals surface area contributed by atoms with E-state index in [2.05, 4.69) is 24.8 Å². The number of allylic oxidation sites excluding steroid dienone is 3. The van der Waals surface area contributed by atoms with E-state index in [1.807, 2.05) is 0 Å². The molecule has 1 rings (SSSR count). The van der Waals surface area contributed by atoms with Crippen LogP contribution in [-0.4, -0.2) is 7.11 Å². The summed E-state index contributed by atoms with van der Waals surface area (Å²) in [6.07, 6.45) is 8.58. The first-order chi connectivity index (χ1) is 4.84. The highest BCUT2D eigenvalue weighted by Crippen LogP contribution is 2.16. The van der Waals surface area contributed by atoms with Crippen LogP contribution in [0.3, 0.4) is 0 Å². The molecule has 1 aliphatic carbocycles. The third-order valence-electron chi connectivity index (χ3n) is 1.56. The lowest BCUT2D eigenvalue weighted by Gasteiger charge is -2.07. The van der Waals surface area contributed by atoms with Crippen LogP contribution in [0.4, 0.5) is 0 Å². The molecule has 0 bridgehead atoms. The molecular formula is C9H12O. The van der Waals surface area contributed by atoms with Crippen LogP contribution >= 0.6 is 0 Å². The molecule has 0 heterocycles. The van der Waals surface area contributed by atoms with Crippen molar-refractivity contribution in [1.82, 2.24) is 0 Å². The molecule has 0 N–H and O–H groups in total. The maximum absolute atomic E-state index is 4.98. The average molecular weight is 136 g/mol. The number of ether oxygens (including phenoxy) is 1. The van der Waals surface area contributed by atoms with Crippen molar-refractivity contribution < 1.29 is 4.74 Å². The van der Waals surface area contributed by atoms with Gasteiger partial charge in [-0.3, -0.25) is 0 Å². The fourth-order valence-corrected chi connectivity index (χ4v) is 0.938. The second-order valence-electron chi connectivity index (χ2n) is 2.27. The molecule has 0 saturated carbocycles. The van der Waals surface area contributed by atoms with Gasteiger partial charge in [0.25, 0.3) is 0 Å². The largest absolute Gasteiger partial charge is 0.497 e. The molecule has 0 aliphatic heterocycles. The Morgan fingerprint density at radius 3 is 2.90 bits per heavy atom. The molecule has 54 valence electrons. The Morgan fingerprint density at radius 2 is 2.40 bits per heavy atom. The van der Waals surface area contributed by atoms with Gasteiger partial charge in [0.1, 0.15) is 5.76 Å². The van der Waals surface area contributed by atoms with Crippen molar-refractivity contribution in [2.24, 2.45) is 0 Å². The smallest absolute Gasteiger partial charge is 0.118 e. The fraction of sp³-hybridized carbons (Fsp3) is 0.333. The zero-order chi connectivity index (χ0) is 7.40. The van der Waals surface area contributed by atoms with Gasteiger partial charge in [-0.1, -0.05) is 24.8 Å². The average Bonchev–Trinajstić information content (AvgIpc) is 2.05. The lowest BCUT2D eigenvalue weighted by atomic mass is 10.1. The van der Waals surface area contributed by atoms with Gasteiger partial charge < -0.3 is 4.74 Å². The van der Waals surface area contributed by atoms with Crippen molar-refractivity contribution in [3.05, 3.63) is 36.1 Å². The van der Waals surface area contributed by atoms with Crippen LogP contribution in [0.5, 0.6) is 0 Å². The molecule has 0 atom stereocenters. The highest BCUT2D eigenvalue weighted by atomic mass is 16.5. The lowest BCUT2D eigenvalue weighted by molar-refractivity contribution is 0.304. The van der Waals surface area contributed by atoms with Crippen LogP contribution in [0, 0.1) is 0 Å². The molecule has 1 heteroatoms. The molecule has 0 unspecified atom stereocenters. The minimum absolute atomic E-state index is 0.760. The van der Waals surface area contributed by atoms with Crippen molar-refractivity contribution in [2.45, 2.75) is 12.8 Å². The Labute approximate surface area is 61.7 Å². The van der Waals surface area contributed by atoms with E-state index >= 15 is 0 Å². The van der Waals surface area contributed by atoms with Crippen molar-refractivity contribution in [3.63, 3.8) is 0 Å². The van der Waals surface area contributed by atoms with Gasteiger partial charge in [-0.2, -0.15) is 0 Å². The van der Waals surface area contributed by atoms with Crippen molar-refractivity contribution in [3.8, 4) is 0 Å². The van der Waals surface area contributed by atoms with Gasteiger partial charge in [0.15, 0.2) is 0 Å². The van der Waals surface area contributed by atoms with E-state index in [4.69, 9.17) is 4.74 Å². The second-order valence-corrected chi connectivity index (χ2v) is 2.27. The zero-order valence-corrected chi connectivity index (χ0v) is 6.26. The van der Waals surface area contributed by atoms with Crippen LogP contribution in [0.25, 0.3) is 0 Å². The minimum Gasteiger partial charge on any atom is -0.497 e. The van der Waals surface area contributed by atoms with Crippen molar-refractivity contribution >= 4 is 0 Å². The van der Waals surface area contributed by atoms with Gasteiger partial charge in [-0.15, -0.1) is 0 Å². The fourth-order valence-electron chi connectivity index (χ4n) is 0.938. The second kappa shape index (κ2) is 3.25. The van der Waals surface area contributed by atoms with Crippen LogP contribution in [-0.2, 0) is 4.74 Å². The zero-order valence-electron chi connectivity index (χ0n) is 6.26. The first-order valence-electron chi connectivity index (χ1n) is 3.44. The van der Waals surface area contributed by atoms with Crippen molar-refractivity contribution in [1.29, 1.82) is 0 Å². The molecule has 0 spiro atoms. The molecule has 0 radical (unpaired) electrons. The molecule has 1 aliphatic rings. The summed E-state index contributed by atoms with van der Waals surface area (Å²) in [7, 11) is 1.64. The molecular weight excluding hydrogens is 124 g/mol. The van der Waals surface area contributed by atoms with E-state index in [1.54, 1.807) is 7.11 Å². The molecule has 0 aromatic rings. The SMILES string of the molecule is C=C(OC)C1=CCCC=C1. The summed E-state index contributed by atoms with van der Waals surface area (Å²) in [5.74, 6) is 0.760. The first-order valence-corrected chi connectivity index (χ1v) is 3.44. The Balaban J connectivity index is 2.63. The molecule has 0 aromatic carbocycles. The molecule has 0 saturated heterocycles. The maximum atomic E-state index is 4.98. The summed E-state index contributed by atoms with van der Waals surface area (Å²) in [5, 5.41) is 0. The summed E-state index contributed by atoms with van der Waals surface area (Å²) in [6.45, 7) is 3.76. The van der Waals surface area contributed by atoms with Crippen molar-refractivity contribution in [2.75, 3.05) is 7.11 Å². The number of rotatable bonds is 2. The highest BCUT2D eigenvalue weighted by Gasteiger charge is 1.99. The third-order valence-corrected chi connectivity index (χ3v) is 1.56. The summed E-state index contributed by atoms with van der Waals surface area (Å²) in [6, 6.07) is 0. The monoisotopic (exact) mass is 136 g/mol. The molecule has 1 nitrogen and oxygen atoms in total. The Morgan fingerprint density at radius 1 is 1.60 bits per heavy atom. The highest BCUT2D eigenvalue weighted by molar-refractivity contribution is 5.35. The summed E-state index contributed by atoms with van der Waals surface area (Å²) in [4.78, 5) is 0. The number of hydrogen-bond acceptors (Lipinski definition) is 1. The van der Waals surface area contributed by atoms with Crippen LogP contribution < -0.4 is 0 Å². The lowest BCUT2D eigenvalue weighted by Crippen LogP contribution is -1.90. The predicted octanol–water partition coefficient (Wildman–Crippen LogP) is 2.42. The van der Waals surface area contributed by atoms with Gasteiger partial charge in [0, 0.05) is 5.57 Å². The normalized spacial score (nSPS) is 16.3. The molecule has 10 heavy (non-hydrogen) atoms. The third kappa shape index (κ3) is 1.50. The van der Waals surface area contributed by atoms with Crippen LogP contribution in [0.15, 0.2) is 36.1 Å². The molecule has 0 amide bonds. The first kappa shape index (κ1) is 7.13. The van der Waals surface area contributed by atoms with Crippen LogP contribution in [0.1, 0.15) is 12.8 Å². The Hall–Kier alpha value is -0.980. The topological polar surface area (TPSA) is 9.23 Å². The Kier molecular flexibility index (Phi) is 2.32. The Bertz CT molecular complexity index is 187. The van der Waals surface area contributed by atoms with Crippen LogP contribution in [0.2, 0.25) is 0 Å². The minimum atomic E-state index is 0.760. The summed E-state index contributed by atoms with van der Waals surface area (Å²) >= 11 is 0.